The molecule has 284 valence electrons. The van der Waals surface area contributed by atoms with Crippen LogP contribution in [-0.4, -0.2) is 114 Å². The summed E-state index contributed by atoms with van der Waals surface area (Å²) in [6.45, 7) is 13.2. The van der Waals surface area contributed by atoms with Gasteiger partial charge in [0, 0.05) is 62.2 Å². The van der Waals surface area contributed by atoms with Crippen LogP contribution in [-0.2, 0) is 41.1 Å². The lowest BCUT2D eigenvalue weighted by Crippen LogP contribution is -2.56. The number of hydrogen-bond donors (Lipinski definition) is 3. The molecule has 1 heterocycles. The summed E-state index contributed by atoms with van der Waals surface area (Å²) in [6, 6.07) is 8.53. The van der Waals surface area contributed by atoms with Gasteiger partial charge in [0.15, 0.2) is 0 Å². The van der Waals surface area contributed by atoms with Gasteiger partial charge in [0.2, 0.25) is 23.6 Å². The highest BCUT2D eigenvalue weighted by molar-refractivity contribution is 7.85. The van der Waals surface area contributed by atoms with Crippen molar-refractivity contribution in [3.8, 4) is 0 Å². The van der Waals surface area contributed by atoms with E-state index in [1.807, 2.05) is 77.0 Å². The predicted octanol–water partition coefficient (Wildman–Crippen LogP) is 3.38. The van der Waals surface area contributed by atoms with Gasteiger partial charge in [-0.3, -0.25) is 28.3 Å². The number of amides is 4. The fraction of sp³-hybridized carbons (Fsp3) is 0.737. The third-order valence-electron chi connectivity index (χ3n) is 10.2. The molecule has 1 fully saturated rings. The van der Waals surface area contributed by atoms with Crippen molar-refractivity contribution in [3.05, 3.63) is 35.9 Å². The van der Waals surface area contributed by atoms with Crippen molar-refractivity contribution in [2.24, 2.45) is 23.7 Å². The van der Waals surface area contributed by atoms with Crippen LogP contribution in [0.3, 0.4) is 0 Å². The first kappa shape index (κ1) is 43.3. The Balaban J connectivity index is 2.10. The molecule has 3 N–H and O–H groups in total. The summed E-state index contributed by atoms with van der Waals surface area (Å²) < 4.78 is 18.9. The predicted molar refractivity (Wildman–Crippen MR) is 201 cm³/mol. The molecule has 0 saturated carbocycles. The van der Waals surface area contributed by atoms with Gasteiger partial charge in [-0.1, -0.05) is 78.3 Å². The molecule has 0 aromatic heterocycles. The monoisotopic (exact) mass is 719 g/mol. The maximum Gasteiger partial charge on any atom is 0.242 e. The third kappa shape index (κ3) is 13.1. The molecule has 8 atom stereocenters. The quantitative estimate of drug-likeness (QED) is 0.177. The molecule has 1 aliphatic rings. The molecule has 2 rings (SSSR count). The highest BCUT2D eigenvalue weighted by Gasteiger charge is 2.40. The van der Waals surface area contributed by atoms with Crippen molar-refractivity contribution in [2.75, 3.05) is 47.1 Å². The minimum Gasteiger partial charge on any atom is -0.381 e. The van der Waals surface area contributed by atoms with Crippen molar-refractivity contribution < 1.29 is 28.1 Å². The summed E-state index contributed by atoms with van der Waals surface area (Å²) in [4.78, 5) is 57.2. The Morgan fingerprint density at radius 3 is 2.18 bits per heavy atom. The van der Waals surface area contributed by atoms with Crippen molar-refractivity contribution in [2.45, 2.75) is 110 Å². The zero-order valence-corrected chi connectivity index (χ0v) is 33.0. The second-order valence-electron chi connectivity index (χ2n) is 14.8. The molecule has 0 spiro atoms. The number of carbonyl (C=O) groups is 4. The Hall–Kier alpha value is -2.83. The van der Waals surface area contributed by atoms with Crippen LogP contribution in [0.4, 0.5) is 0 Å². The van der Waals surface area contributed by atoms with Gasteiger partial charge in [-0.2, -0.15) is 0 Å². The standard InChI is InChI=1S/C38H65N5O6S/c1-11-27(6)29(24-40-37(46)35(25(2)3)41-38(47)36(26(4)5)42(7)8)31(49-9)22-34(45)43-21-15-18-30(43)32(50(10)48)23-33(44)39-20-19-28-16-13-12-14-17-28/h12-14,16-17,25-27,29-32,35-36H,11,15,18-24H2,1-10H3,(H,39,44)(H,40,46)(H,41,47). The molecule has 0 bridgehead atoms. The van der Waals surface area contributed by atoms with E-state index in [0.29, 0.717) is 25.9 Å². The number of benzene rings is 1. The lowest BCUT2D eigenvalue weighted by molar-refractivity contribution is -0.137. The first-order valence-electron chi connectivity index (χ1n) is 18.3. The second kappa shape index (κ2) is 21.5. The van der Waals surface area contributed by atoms with E-state index in [2.05, 4.69) is 29.8 Å². The number of hydrogen-bond acceptors (Lipinski definition) is 7. The molecule has 12 heteroatoms. The normalized spacial score (nSPS) is 19.1. The van der Waals surface area contributed by atoms with Crippen molar-refractivity contribution >= 4 is 34.4 Å². The Morgan fingerprint density at radius 2 is 1.64 bits per heavy atom. The van der Waals surface area contributed by atoms with Gasteiger partial charge in [0.1, 0.15) is 6.04 Å². The minimum absolute atomic E-state index is 0.0699. The topological polar surface area (TPSA) is 137 Å². The highest BCUT2D eigenvalue weighted by atomic mass is 32.2. The fourth-order valence-electron chi connectivity index (χ4n) is 7.15. The number of rotatable bonds is 21. The van der Waals surface area contributed by atoms with Gasteiger partial charge in [-0.15, -0.1) is 0 Å². The molecule has 50 heavy (non-hydrogen) atoms. The molecule has 1 aliphatic heterocycles. The van der Waals surface area contributed by atoms with Gasteiger partial charge in [0.05, 0.1) is 23.8 Å². The van der Waals surface area contributed by atoms with E-state index in [1.54, 1.807) is 18.3 Å². The number of nitrogens with zero attached hydrogens (tertiary/aromatic N) is 2. The maximum atomic E-state index is 13.9. The van der Waals surface area contributed by atoms with E-state index in [4.69, 9.17) is 4.74 Å². The number of carbonyl (C=O) groups excluding carboxylic acids is 4. The van der Waals surface area contributed by atoms with Crippen LogP contribution in [0.25, 0.3) is 0 Å². The van der Waals surface area contributed by atoms with Gasteiger partial charge >= 0.3 is 0 Å². The third-order valence-corrected chi connectivity index (χ3v) is 11.5. The molecular formula is C38H65N5O6S. The van der Waals surface area contributed by atoms with Crippen molar-refractivity contribution in [3.63, 3.8) is 0 Å². The number of methoxy groups -OCH3 is 1. The Kier molecular flexibility index (Phi) is 18.6. The van der Waals surface area contributed by atoms with E-state index < -0.39 is 28.2 Å². The fourth-order valence-corrected chi connectivity index (χ4v) is 8.26. The second-order valence-corrected chi connectivity index (χ2v) is 16.4. The molecular weight excluding hydrogens is 655 g/mol. The van der Waals surface area contributed by atoms with E-state index in [1.165, 1.54) is 0 Å². The summed E-state index contributed by atoms with van der Waals surface area (Å²) in [5.41, 5.74) is 1.13. The van der Waals surface area contributed by atoms with Gasteiger partial charge in [-0.25, -0.2) is 0 Å². The zero-order valence-electron chi connectivity index (χ0n) is 32.2. The molecule has 1 aromatic rings. The maximum absolute atomic E-state index is 13.9. The lowest BCUT2D eigenvalue weighted by Gasteiger charge is -2.35. The summed E-state index contributed by atoms with van der Waals surface area (Å²) >= 11 is 0. The molecule has 8 unspecified atom stereocenters. The number of nitrogens with one attached hydrogen (secondary N) is 3. The molecule has 0 radical (unpaired) electrons. The molecule has 1 aromatic carbocycles. The van der Waals surface area contributed by atoms with Gasteiger partial charge < -0.3 is 25.6 Å². The van der Waals surface area contributed by atoms with E-state index in [-0.39, 0.29) is 78.8 Å². The summed E-state index contributed by atoms with van der Waals surface area (Å²) in [6.07, 6.45) is 4.31. The van der Waals surface area contributed by atoms with Crippen LogP contribution in [0.1, 0.15) is 79.2 Å². The van der Waals surface area contributed by atoms with E-state index in [0.717, 1.165) is 18.4 Å². The smallest absolute Gasteiger partial charge is 0.242 e. The molecule has 4 amide bonds. The first-order chi connectivity index (χ1) is 23.6. The van der Waals surface area contributed by atoms with Crippen molar-refractivity contribution in [1.82, 2.24) is 25.8 Å². The van der Waals surface area contributed by atoms with Crippen LogP contribution in [0.2, 0.25) is 0 Å². The highest BCUT2D eigenvalue weighted by Crippen LogP contribution is 2.29. The number of likely N-dealkylation sites (N-methyl/N-ethyl adjacent to an activating group) is 1. The minimum atomic E-state index is -1.32. The Bertz CT molecular complexity index is 1240. The molecule has 0 aliphatic carbocycles. The lowest BCUT2D eigenvalue weighted by atomic mass is 9.85. The van der Waals surface area contributed by atoms with Crippen LogP contribution < -0.4 is 16.0 Å². The van der Waals surface area contributed by atoms with Gasteiger partial charge in [-0.05, 0) is 56.7 Å². The van der Waals surface area contributed by atoms with E-state index in [9.17, 15) is 23.4 Å². The first-order valence-corrected chi connectivity index (χ1v) is 19.9. The summed E-state index contributed by atoms with van der Waals surface area (Å²) in [5.74, 6) is -0.822. The SMILES string of the molecule is CCC(C)C(CNC(=O)C(NC(=O)C(C(C)C)N(C)C)C(C)C)C(CC(=O)N1CCCC1C(CC(=O)NCCc1ccccc1)S(C)=O)OC. The summed E-state index contributed by atoms with van der Waals surface area (Å²) in [7, 11) is 3.98. The van der Waals surface area contributed by atoms with Crippen LogP contribution >= 0.6 is 0 Å². The Labute approximate surface area is 303 Å². The van der Waals surface area contributed by atoms with Crippen molar-refractivity contribution in [1.29, 1.82) is 0 Å². The number of ether oxygens (including phenoxy) is 1. The summed E-state index contributed by atoms with van der Waals surface area (Å²) in [5, 5.41) is 8.54. The van der Waals surface area contributed by atoms with Crippen LogP contribution in [0.15, 0.2) is 30.3 Å². The average Bonchev–Trinajstić information content (AvgIpc) is 3.55. The number of likely N-dealkylation sites (tertiary alicyclic amines) is 1. The van der Waals surface area contributed by atoms with Crippen LogP contribution in [0.5, 0.6) is 0 Å². The zero-order chi connectivity index (χ0) is 37.5. The average molecular weight is 720 g/mol. The Morgan fingerprint density at radius 1 is 0.980 bits per heavy atom. The van der Waals surface area contributed by atoms with E-state index >= 15 is 0 Å². The van der Waals surface area contributed by atoms with Crippen LogP contribution in [0, 0.1) is 23.7 Å². The molecule has 1 saturated heterocycles. The van der Waals surface area contributed by atoms with Gasteiger partial charge in [0.25, 0.3) is 0 Å². The molecule has 11 nitrogen and oxygen atoms in total. The largest absolute Gasteiger partial charge is 0.381 e.